The fourth-order valence-electron chi connectivity index (χ4n) is 3.68. The highest BCUT2D eigenvalue weighted by Crippen LogP contribution is 2.23. The molecule has 3 aromatic rings. The van der Waals surface area contributed by atoms with Crippen LogP contribution in [-0.4, -0.2) is 52.1 Å². The van der Waals surface area contributed by atoms with E-state index in [9.17, 15) is 4.79 Å². The monoisotopic (exact) mass is 394 g/mol. The molecule has 8 nitrogen and oxygen atoms in total. The Morgan fingerprint density at radius 1 is 1.28 bits per heavy atom. The molecule has 152 valence electrons. The predicted molar refractivity (Wildman–Crippen MR) is 110 cm³/mol. The first-order chi connectivity index (χ1) is 14.2. The van der Waals surface area contributed by atoms with Gasteiger partial charge in [-0.05, 0) is 51.4 Å². The van der Waals surface area contributed by atoms with Crippen molar-refractivity contribution in [3.63, 3.8) is 0 Å². The van der Waals surface area contributed by atoms with E-state index in [-0.39, 0.29) is 5.91 Å². The number of amides is 1. The lowest BCUT2D eigenvalue weighted by Gasteiger charge is -2.23. The van der Waals surface area contributed by atoms with Gasteiger partial charge >= 0.3 is 0 Å². The van der Waals surface area contributed by atoms with Crippen LogP contribution in [0.15, 0.2) is 36.5 Å². The van der Waals surface area contributed by atoms with Gasteiger partial charge in [0.15, 0.2) is 5.69 Å². The Balaban J connectivity index is 1.26. The van der Waals surface area contributed by atoms with Crippen LogP contribution >= 0.6 is 0 Å². The molecule has 0 spiro atoms. The van der Waals surface area contributed by atoms with Crippen LogP contribution in [0, 0.1) is 6.92 Å². The van der Waals surface area contributed by atoms with Crippen LogP contribution in [0.3, 0.4) is 0 Å². The molecule has 2 aromatic heterocycles. The van der Waals surface area contributed by atoms with Crippen molar-refractivity contribution in [3.8, 4) is 5.75 Å². The third-order valence-corrected chi connectivity index (χ3v) is 5.26. The highest BCUT2D eigenvalue weighted by atomic mass is 16.5. The molecule has 0 bridgehead atoms. The highest BCUT2D eigenvalue weighted by molar-refractivity contribution is 5.93. The molecule has 29 heavy (non-hydrogen) atoms. The number of ether oxygens (including phenoxy) is 1. The first kappa shape index (κ1) is 19.3. The van der Waals surface area contributed by atoms with Gasteiger partial charge in [-0.15, -0.1) is 5.10 Å². The van der Waals surface area contributed by atoms with Gasteiger partial charge in [-0.1, -0.05) is 23.4 Å². The number of hydrogen-bond donors (Lipinski definition) is 2. The normalized spacial score (nSPS) is 14.8. The fraction of sp³-hybridized carbons (Fsp3) is 0.429. The van der Waals surface area contributed by atoms with Crippen LogP contribution in [0.1, 0.15) is 41.5 Å². The summed E-state index contributed by atoms with van der Waals surface area (Å²) in [5.41, 5.74) is 2.08. The summed E-state index contributed by atoms with van der Waals surface area (Å²) in [6, 6.07) is 10.1. The van der Waals surface area contributed by atoms with Crippen molar-refractivity contribution in [2.75, 3.05) is 26.2 Å². The second-order valence-electron chi connectivity index (χ2n) is 7.24. The SMILES string of the molecule is Cc1c(C(=O)NCCCOc2cccc3cccnc23)nnn1C1CCNCC1. The van der Waals surface area contributed by atoms with Gasteiger partial charge in [-0.25, -0.2) is 4.68 Å². The largest absolute Gasteiger partial charge is 0.491 e. The Morgan fingerprint density at radius 3 is 2.97 bits per heavy atom. The van der Waals surface area contributed by atoms with Gasteiger partial charge in [0.1, 0.15) is 11.3 Å². The summed E-state index contributed by atoms with van der Waals surface area (Å²) in [4.78, 5) is 16.9. The maximum Gasteiger partial charge on any atom is 0.273 e. The molecule has 0 unspecified atom stereocenters. The lowest BCUT2D eigenvalue weighted by Crippen LogP contribution is -2.30. The van der Waals surface area contributed by atoms with Gasteiger partial charge in [0.2, 0.25) is 0 Å². The summed E-state index contributed by atoms with van der Waals surface area (Å²) in [7, 11) is 0. The Morgan fingerprint density at radius 2 is 2.10 bits per heavy atom. The molecule has 1 aromatic carbocycles. The van der Waals surface area contributed by atoms with Crippen LogP contribution in [0.25, 0.3) is 10.9 Å². The lowest BCUT2D eigenvalue weighted by molar-refractivity contribution is 0.0946. The summed E-state index contributed by atoms with van der Waals surface area (Å²) < 4.78 is 7.76. The quantitative estimate of drug-likeness (QED) is 0.597. The number of carbonyl (C=O) groups excluding carboxylic acids is 1. The summed E-state index contributed by atoms with van der Waals surface area (Å²) >= 11 is 0. The van der Waals surface area contributed by atoms with E-state index >= 15 is 0 Å². The third-order valence-electron chi connectivity index (χ3n) is 5.26. The second kappa shape index (κ2) is 9.00. The van der Waals surface area contributed by atoms with Crippen molar-refractivity contribution in [1.82, 2.24) is 30.6 Å². The molecule has 1 fully saturated rings. The molecule has 1 saturated heterocycles. The van der Waals surface area contributed by atoms with E-state index < -0.39 is 0 Å². The number of nitrogens with zero attached hydrogens (tertiary/aromatic N) is 4. The molecule has 8 heteroatoms. The van der Waals surface area contributed by atoms with E-state index in [4.69, 9.17) is 4.74 Å². The summed E-state index contributed by atoms with van der Waals surface area (Å²) in [6.45, 7) is 4.86. The number of nitrogens with one attached hydrogen (secondary N) is 2. The summed E-state index contributed by atoms with van der Waals surface area (Å²) in [5, 5.41) is 15.6. The molecular weight excluding hydrogens is 368 g/mol. The second-order valence-corrected chi connectivity index (χ2v) is 7.24. The number of hydrogen-bond acceptors (Lipinski definition) is 6. The number of benzene rings is 1. The van der Waals surface area contributed by atoms with Crippen LogP contribution in [-0.2, 0) is 0 Å². The van der Waals surface area contributed by atoms with Gasteiger partial charge in [0.05, 0.1) is 18.3 Å². The molecule has 1 aliphatic heterocycles. The first-order valence-electron chi connectivity index (χ1n) is 10.1. The number of fused-ring (bicyclic) bond motifs is 1. The van der Waals surface area contributed by atoms with E-state index in [1.165, 1.54) is 0 Å². The van der Waals surface area contributed by atoms with Crippen molar-refractivity contribution in [2.24, 2.45) is 0 Å². The Bertz CT molecular complexity index is 975. The maximum absolute atomic E-state index is 12.5. The molecular formula is C21H26N6O2. The smallest absolute Gasteiger partial charge is 0.273 e. The van der Waals surface area contributed by atoms with E-state index in [1.54, 1.807) is 6.20 Å². The fourth-order valence-corrected chi connectivity index (χ4v) is 3.68. The molecule has 0 saturated carbocycles. The van der Waals surface area contributed by atoms with E-state index in [1.807, 2.05) is 41.9 Å². The molecule has 2 N–H and O–H groups in total. The number of piperidine rings is 1. The number of pyridine rings is 1. The van der Waals surface area contributed by atoms with Crippen LogP contribution in [0.5, 0.6) is 5.75 Å². The van der Waals surface area contributed by atoms with E-state index in [0.29, 0.717) is 31.3 Å². The topological polar surface area (TPSA) is 94.0 Å². The van der Waals surface area contributed by atoms with Crippen LogP contribution < -0.4 is 15.4 Å². The predicted octanol–water partition coefficient (Wildman–Crippen LogP) is 2.26. The summed E-state index contributed by atoms with van der Waals surface area (Å²) in [6.07, 6.45) is 4.46. The van der Waals surface area contributed by atoms with Gasteiger partial charge in [-0.2, -0.15) is 0 Å². The average molecular weight is 394 g/mol. The molecule has 1 amide bonds. The van der Waals surface area contributed by atoms with Gasteiger partial charge in [-0.3, -0.25) is 9.78 Å². The minimum Gasteiger partial charge on any atom is -0.491 e. The van der Waals surface area contributed by atoms with Gasteiger partial charge < -0.3 is 15.4 Å². The molecule has 0 aliphatic carbocycles. The van der Waals surface area contributed by atoms with Crippen molar-refractivity contribution in [1.29, 1.82) is 0 Å². The number of para-hydroxylation sites is 1. The standard InChI is InChI=1S/C21H26N6O2/c1-15-19(25-26-27(15)17-8-12-22-13-9-17)21(28)24-11-4-14-29-18-7-2-5-16-6-3-10-23-20(16)18/h2-3,5-7,10,17,22H,4,8-9,11-14H2,1H3,(H,24,28). The zero-order chi connectivity index (χ0) is 20.1. The van der Waals surface area contributed by atoms with Crippen LogP contribution in [0.2, 0.25) is 0 Å². The maximum atomic E-state index is 12.5. The minimum absolute atomic E-state index is 0.186. The Hall–Kier alpha value is -3.00. The van der Waals surface area contributed by atoms with Crippen molar-refractivity contribution < 1.29 is 9.53 Å². The summed E-state index contributed by atoms with van der Waals surface area (Å²) in [5.74, 6) is 0.574. The number of aromatic nitrogens is 4. The van der Waals surface area contributed by atoms with E-state index in [0.717, 1.165) is 48.3 Å². The Kier molecular flexibility index (Phi) is 6.00. The molecule has 0 radical (unpaired) electrons. The van der Waals surface area contributed by atoms with Crippen molar-refractivity contribution in [3.05, 3.63) is 47.9 Å². The molecule has 3 heterocycles. The van der Waals surface area contributed by atoms with Crippen molar-refractivity contribution in [2.45, 2.75) is 32.2 Å². The van der Waals surface area contributed by atoms with Crippen LogP contribution in [0.4, 0.5) is 0 Å². The van der Waals surface area contributed by atoms with Gasteiger partial charge in [0, 0.05) is 18.1 Å². The zero-order valence-corrected chi connectivity index (χ0v) is 16.6. The number of carbonyl (C=O) groups is 1. The Labute approximate surface area is 169 Å². The average Bonchev–Trinajstić information content (AvgIpc) is 3.15. The minimum atomic E-state index is -0.186. The molecule has 1 aliphatic rings. The molecule has 4 rings (SSSR count). The zero-order valence-electron chi connectivity index (χ0n) is 16.6. The van der Waals surface area contributed by atoms with Crippen molar-refractivity contribution >= 4 is 16.8 Å². The lowest BCUT2D eigenvalue weighted by atomic mass is 10.1. The van der Waals surface area contributed by atoms with Gasteiger partial charge in [0.25, 0.3) is 5.91 Å². The highest BCUT2D eigenvalue weighted by Gasteiger charge is 2.22. The number of rotatable bonds is 7. The third kappa shape index (κ3) is 4.37. The van der Waals surface area contributed by atoms with E-state index in [2.05, 4.69) is 25.9 Å². The molecule has 0 atom stereocenters. The first-order valence-corrected chi connectivity index (χ1v) is 10.1.